The lowest BCUT2D eigenvalue weighted by Gasteiger charge is -2.20. The molecule has 6 nitrogen and oxygen atoms in total. The van der Waals surface area contributed by atoms with Crippen LogP contribution >= 0.6 is 0 Å². The van der Waals surface area contributed by atoms with Crippen molar-refractivity contribution in [2.75, 3.05) is 0 Å². The van der Waals surface area contributed by atoms with Crippen LogP contribution in [-0.4, -0.2) is 40.6 Å². The highest BCUT2D eigenvalue weighted by Gasteiger charge is 2.43. The number of allylic oxidation sites excluding steroid dienone is 2. The second-order valence-corrected chi connectivity index (χ2v) is 5.32. The monoisotopic (exact) mass is 298 g/mol. The Morgan fingerprint density at radius 2 is 2.05 bits per heavy atom. The molecule has 0 aliphatic heterocycles. The van der Waals surface area contributed by atoms with Crippen LogP contribution in [-0.2, 0) is 19.1 Å². The lowest BCUT2D eigenvalue weighted by Crippen LogP contribution is -2.25. The molecule has 0 spiro atoms. The molecule has 0 heterocycles. The third-order valence-electron chi connectivity index (χ3n) is 3.70. The minimum atomic E-state index is -0.821. The van der Waals surface area contributed by atoms with Gasteiger partial charge >= 0.3 is 11.9 Å². The highest BCUT2D eigenvalue weighted by molar-refractivity contribution is 5.67. The van der Waals surface area contributed by atoms with Gasteiger partial charge in [-0.2, -0.15) is 0 Å². The van der Waals surface area contributed by atoms with E-state index in [2.05, 4.69) is 0 Å². The maximum absolute atomic E-state index is 11.1. The molecule has 0 aromatic carbocycles. The molecule has 2 N–H and O–H groups in total. The van der Waals surface area contributed by atoms with E-state index in [9.17, 15) is 19.5 Å². The van der Waals surface area contributed by atoms with E-state index < -0.39 is 30.1 Å². The number of unbranched alkanes of at least 4 members (excludes halogenated alkanes) is 1. The number of ether oxygens (including phenoxy) is 1. The van der Waals surface area contributed by atoms with Gasteiger partial charge in [-0.1, -0.05) is 12.2 Å². The summed E-state index contributed by atoms with van der Waals surface area (Å²) >= 11 is 0. The van der Waals surface area contributed by atoms with Gasteiger partial charge < -0.3 is 19.7 Å². The Hall–Kier alpha value is -1.69. The van der Waals surface area contributed by atoms with Crippen molar-refractivity contribution < 1.29 is 29.3 Å². The Morgan fingerprint density at radius 1 is 1.33 bits per heavy atom. The molecule has 1 aliphatic rings. The van der Waals surface area contributed by atoms with Crippen molar-refractivity contribution in [2.45, 2.75) is 51.2 Å². The maximum Gasteiger partial charge on any atom is 0.303 e. The summed E-state index contributed by atoms with van der Waals surface area (Å²) in [6, 6.07) is 0. The largest absolute Gasteiger partial charge is 0.481 e. The SMILES string of the molecule is CC(=O)OC1CC(O)C(C=O)C1C/C=C\CCCC(=O)O. The van der Waals surface area contributed by atoms with E-state index in [1.165, 1.54) is 6.92 Å². The molecule has 0 aromatic rings. The molecule has 4 atom stereocenters. The van der Waals surface area contributed by atoms with E-state index in [0.717, 1.165) is 6.29 Å². The van der Waals surface area contributed by atoms with Crippen LogP contribution < -0.4 is 0 Å². The summed E-state index contributed by atoms with van der Waals surface area (Å²) in [7, 11) is 0. The number of hydrogen-bond donors (Lipinski definition) is 2. The number of esters is 1. The topological polar surface area (TPSA) is 101 Å². The molecule has 4 unspecified atom stereocenters. The van der Waals surface area contributed by atoms with Crippen molar-refractivity contribution in [3.05, 3.63) is 12.2 Å². The first-order valence-corrected chi connectivity index (χ1v) is 7.13. The van der Waals surface area contributed by atoms with Gasteiger partial charge in [-0.05, 0) is 19.3 Å². The van der Waals surface area contributed by atoms with E-state index in [-0.39, 0.29) is 18.8 Å². The molecule has 6 heteroatoms. The zero-order valence-corrected chi connectivity index (χ0v) is 12.1. The Morgan fingerprint density at radius 3 is 2.62 bits per heavy atom. The summed E-state index contributed by atoms with van der Waals surface area (Å²) in [5, 5.41) is 18.4. The number of carboxylic acids is 1. The van der Waals surface area contributed by atoms with Gasteiger partial charge in [-0.25, -0.2) is 0 Å². The fraction of sp³-hybridized carbons (Fsp3) is 0.667. The molecule has 0 aromatic heterocycles. The van der Waals surface area contributed by atoms with E-state index in [1.54, 1.807) is 0 Å². The summed E-state index contributed by atoms with van der Waals surface area (Å²) in [6.07, 6.45) is 5.34. The Kier molecular flexibility index (Phi) is 7.08. The number of carboxylic acid groups (broad SMARTS) is 1. The normalized spacial score (nSPS) is 28.7. The number of aldehydes is 1. The van der Waals surface area contributed by atoms with Gasteiger partial charge in [-0.15, -0.1) is 0 Å². The predicted molar refractivity (Wildman–Crippen MR) is 74.5 cm³/mol. The fourth-order valence-corrected chi connectivity index (χ4v) is 2.69. The molecule has 118 valence electrons. The zero-order chi connectivity index (χ0) is 15.8. The van der Waals surface area contributed by atoms with E-state index in [4.69, 9.17) is 9.84 Å². The third kappa shape index (κ3) is 5.67. The van der Waals surface area contributed by atoms with E-state index in [0.29, 0.717) is 19.3 Å². The minimum Gasteiger partial charge on any atom is -0.481 e. The van der Waals surface area contributed by atoms with Gasteiger partial charge in [0.15, 0.2) is 0 Å². The van der Waals surface area contributed by atoms with E-state index >= 15 is 0 Å². The predicted octanol–water partition coefficient (Wildman–Crippen LogP) is 1.32. The molecule has 0 bridgehead atoms. The number of hydrogen-bond acceptors (Lipinski definition) is 5. The first-order valence-electron chi connectivity index (χ1n) is 7.13. The molecule has 0 amide bonds. The number of aliphatic carboxylic acids is 1. The Bertz CT molecular complexity index is 403. The van der Waals surface area contributed by atoms with Crippen molar-refractivity contribution in [3.8, 4) is 0 Å². The first kappa shape index (κ1) is 17.4. The quantitative estimate of drug-likeness (QED) is 0.303. The second kappa shape index (κ2) is 8.56. The number of aliphatic hydroxyl groups excluding tert-OH is 1. The molecule has 0 radical (unpaired) electrons. The van der Waals surface area contributed by atoms with Crippen LogP contribution in [0.25, 0.3) is 0 Å². The smallest absolute Gasteiger partial charge is 0.303 e. The molecule has 1 aliphatic carbocycles. The second-order valence-electron chi connectivity index (χ2n) is 5.32. The molecular weight excluding hydrogens is 276 g/mol. The molecule has 21 heavy (non-hydrogen) atoms. The summed E-state index contributed by atoms with van der Waals surface area (Å²) in [4.78, 5) is 32.5. The van der Waals surface area contributed by atoms with Gasteiger partial charge in [0.1, 0.15) is 12.4 Å². The van der Waals surface area contributed by atoms with Gasteiger partial charge in [0, 0.05) is 31.6 Å². The van der Waals surface area contributed by atoms with E-state index in [1.807, 2.05) is 12.2 Å². The van der Waals surface area contributed by atoms with Crippen molar-refractivity contribution in [3.63, 3.8) is 0 Å². The summed E-state index contributed by atoms with van der Waals surface area (Å²) in [6.45, 7) is 1.30. The standard InChI is InChI=1S/C15H22O6/c1-10(17)21-14-8-13(18)12(9-16)11(14)6-4-2-3-5-7-15(19)20/h2,4,9,11-14,18H,3,5-8H2,1H3,(H,19,20)/b4-2-. The number of aliphatic hydroxyl groups is 1. The van der Waals surface area contributed by atoms with Crippen molar-refractivity contribution in [2.24, 2.45) is 11.8 Å². The maximum atomic E-state index is 11.1. The lowest BCUT2D eigenvalue weighted by molar-refractivity contribution is -0.148. The van der Waals surface area contributed by atoms with Crippen molar-refractivity contribution in [1.29, 1.82) is 0 Å². The van der Waals surface area contributed by atoms with Gasteiger partial charge in [0.05, 0.1) is 6.10 Å². The highest BCUT2D eigenvalue weighted by atomic mass is 16.5. The molecule has 0 saturated heterocycles. The van der Waals surface area contributed by atoms with Gasteiger partial charge in [0.25, 0.3) is 0 Å². The zero-order valence-electron chi connectivity index (χ0n) is 12.1. The first-order chi connectivity index (χ1) is 9.95. The van der Waals surface area contributed by atoms with Crippen LogP contribution in [0.1, 0.15) is 39.0 Å². The molecule has 1 saturated carbocycles. The highest BCUT2D eigenvalue weighted by Crippen LogP contribution is 2.36. The molecule has 1 fully saturated rings. The van der Waals surface area contributed by atoms with Crippen LogP contribution in [0.3, 0.4) is 0 Å². The third-order valence-corrected chi connectivity index (χ3v) is 3.70. The Balaban J connectivity index is 2.50. The average molecular weight is 298 g/mol. The van der Waals surface area contributed by atoms with Gasteiger partial charge in [0.2, 0.25) is 0 Å². The van der Waals surface area contributed by atoms with Crippen LogP contribution in [0.15, 0.2) is 12.2 Å². The lowest BCUT2D eigenvalue weighted by atomic mass is 9.91. The summed E-state index contributed by atoms with van der Waals surface area (Å²) in [5.74, 6) is -2.00. The van der Waals surface area contributed by atoms with Crippen LogP contribution in [0.5, 0.6) is 0 Å². The van der Waals surface area contributed by atoms with Crippen molar-refractivity contribution >= 4 is 18.2 Å². The number of rotatable bonds is 8. The summed E-state index contributed by atoms with van der Waals surface area (Å²) in [5.41, 5.74) is 0. The molecule has 1 rings (SSSR count). The van der Waals surface area contributed by atoms with Crippen LogP contribution in [0, 0.1) is 11.8 Å². The Labute approximate surface area is 123 Å². The van der Waals surface area contributed by atoms with Gasteiger partial charge in [-0.3, -0.25) is 9.59 Å². The van der Waals surface area contributed by atoms with Crippen LogP contribution in [0.2, 0.25) is 0 Å². The van der Waals surface area contributed by atoms with Crippen molar-refractivity contribution in [1.82, 2.24) is 0 Å². The summed E-state index contributed by atoms with van der Waals surface area (Å²) < 4.78 is 5.17. The average Bonchev–Trinajstić information content (AvgIpc) is 2.67. The number of carbonyl (C=O) groups excluding carboxylic acids is 2. The van der Waals surface area contributed by atoms with Crippen LogP contribution in [0.4, 0.5) is 0 Å². The molecular formula is C15H22O6. The fourth-order valence-electron chi connectivity index (χ4n) is 2.69. The number of carbonyl (C=O) groups is 3. The minimum absolute atomic E-state index is 0.125.